The van der Waals surface area contributed by atoms with Gasteiger partial charge in [0.2, 0.25) is 0 Å². The molecule has 0 aliphatic carbocycles. The summed E-state index contributed by atoms with van der Waals surface area (Å²) in [5.74, 6) is 0. The Hall–Kier alpha value is -2.60. The molecule has 0 heteroatoms. The van der Waals surface area contributed by atoms with Gasteiger partial charge in [0.15, 0.2) is 0 Å². The molecule has 5 aromatic rings. The molecule has 0 heterocycles. The van der Waals surface area contributed by atoms with Gasteiger partial charge in [0.1, 0.15) is 0 Å². The van der Waals surface area contributed by atoms with E-state index in [4.69, 9.17) is 0 Å². The summed E-state index contributed by atoms with van der Waals surface area (Å²) in [5, 5.41) is 10.5. The maximum Gasteiger partial charge on any atom is -0.00139 e. The van der Waals surface area contributed by atoms with Crippen molar-refractivity contribution in [2.45, 2.75) is 0 Å². The van der Waals surface area contributed by atoms with Gasteiger partial charge in [-0.05, 0) is 49.2 Å². The second-order valence-corrected chi connectivity index (χ2v) is 5.33. The van der Waals surface area contributed by atoms with Gasteiger partial charge in [-0.25, -0.2) is 0 Å². The number of rotatable bonds is 0. The van der Waals surface area contributed by atoms with Crippen molar-refractivity contribution in [3.8, 4) is 0 Å². The Kier molecular flexibility index (Phi) is 1.78. The van der Waals surface area contributed by atoms with Crippen LogP contribution < -0.4 is 0 Å². The summed E-state index contributed by atoms with van der Waals surface area (Å²) in [4.78, 5) is 0. The molecular weight excluding hydrogens is 240 g/mol. The van der Waals surface area contributed by atoms with Crippen LogP contribution in [0.1, 0.15) is 0 Å². The SMILES string of the molecule is [c]1ccc2ccc3cccc4c5ccccc5c1c2c34. The van der Waals surface area contributed by atoms with Crippen molar-refractivity contribution < 1.29 is 0 Å². The molecule has 0 atom stereocenters. The van der Waals surface area contributed by atoms with Crippen LogP contribution in [0.4, 0.5) is 0 Å². The summed E-state index contributed by atoms with van der Waals surface area (Å²) in [6, 6.07) is 27.3. The van der Waals surface area contributed by atoms with E-state index in [1.54, 1.807) is 0 Å². The van der Waals surface area contributed by atoms with Crippen LogP contribution in [0.5, 0.6) is 0 Å². The molecule has 0 bridgehead atoms. The van der Waals surface area contributed by atoms with E-state index < -0.39 is 0 Å². The van der Waals surface area contributed by atoms with E-state index in [1.807, 2.05) is 6.07 Å². The van der Waals surface area contributed by atoms with Gasteiger partial charge < -0.3 is 0 Å². The van der Waals surface area contributed by atoms with E-state index >= 15 is 0 Å². The second kappa shape index (κ2) is 3.49. The second-order valence-electron chi connectivity index (χ2n) is 5.33. The van der Waals surface area contributed by atoms with Crippen molar-refractivity contribution in [3.63, 3.8) is 0 Å². The molecule has 0 N–H and O–H groups in total. The van der Waals surface area contributed by atoms with Gasteiger partial charge in [-0.3, -0.25) is 0 Å². The average molecular weight is 251 g/mol. The van der Waals surface area contributed by atoms with E-state index in [2.05, 4.69) is 66.7 Å². The first-order valence-electron chi connectivity index (χ1n) is 6.89. The fourth-order valence-corrected chi connectivity index (χ4v) is 3.46. The first-order valence-corrected chi connectivity index (χ1v) is 6.89. The van der Waals surface area contributed by atoms with Crippen molar-refractivity contribution in [2.24, 2.45) is 0 Å². The standard InChI is InChI=1S/C20H11/c1-2-8-16-15(7-1)17-9-3-5-13-11-12-14-6-4-10-18(16)20(14)19(13)17/h1-9,11-12H. The van der Waals surface area contributed by atoms with E-state index in [9.17, 15) is 0 Å². The Morgan fingerprint density at radius 3 is 2.20 bits per heavy atom. The molecule has 1 radical (unpaired) electrons. The molecule has 20 heavy (non-hydrogen) atoms. The smallest absolute Gasteiger partial charge is 0.00139 e. The van der Waals surface area contributed by atoms with Crippen molar-refractivity contribution >= 4 is 43.1 Å². The van der Waals surface area contributed by atoms with Crippen molar-refractivity contribution in [1.82, 2.24) is 0 Å². The first kappa shape index (κ1) is 10.2. The van der Waals surface area contributed by atoms with Crippen LogP contribution in [0.15, 0.2) is 66.7 Å². The highest BCUT2D eigenvalue weighted by atomic mass is 14.1. The van der Waals surface area contributed by atoms with Crippen LogP contribution in [-0.4, -0.2) is 0 Å². The predicted octanol–water partition coefficient (Wildman–Crippen LogP) is 5.54. The largest absolute Gasteiger partial charge is 0.0616 e. The number of benzene rings is 5. The Morgan fingerprint density at radius 2 is 1.30 bits per heavy atom. The Labute approximate surface area is 116 Å². The fraction of sp³-hybridized carbons (Fsp3) is 0. The zero-order valence-electron chi connectivity index (χ0n) is 10.9. The molecule has 0 nitrogen and oxygen atoms in total. The maximum absolute atomic E-state index is 3.45. The topological polar surface area (TPSA) is 0 Å². The average Bonchev–Trinajstić information content (AvgIpc) is 2.53. The van der Waals surface area contributed by atoms with Gasteiger partial charge in [0.05, 0.1) is 0 Å². The zero-order chi connectivity index (χ0) is 13.1. The molecule has 0 aliphatic rings. The number of hydrogen-bond donors (Lipinski definition) is 0. The summed E-state index contributed by atoms with van der Waals surface area (Å²) < 4.78 is 0. The molecule has 5 aromatic carbocycles. The molecule has 0 saturated heterocycles. The third kappa shape index (κ3) is 1.12. The van der Waals surface area contributed by atoms with Crippen molar-refractivity contribution in [2.75, 3.05) is 0 Å². The van der Waals surface area contributed by atoms with Gasteiger partial charge in [-0.1, -0.05) is 66.7 Å². The lowest BCUT2D eigenvalue weighted by Gasteiger charge is -2.13. The minimum atomic E-state index is 1.24. The normalized spacial score (nSPS) is 12.0. The van der Waals surface area contributed by atoms with Crippen LogP contribution in [0.2, 0.25) is 0 Å². The maximum atomic E-state index is 3.45. The van der Waals surface area contributed by atoms with Crippen LogP contribution in [0.25, 0.3) is 43.1 Å². The van der Waals surface area contributed by atoms with Gasteiger partial charge >= 0.3 is 0 Å². The lowest BCUT2D eigenvalue weighted by molar-refractivity contribution is 1.78. The summed E-state index contributed by atoms with van der Waals surface area (Å²) >= 11 is 0. The van der Waals surface area contributed by atoms with Crippen LogP contribution in [-0.2, 0) is 0 Å². The highest BCUT2D eigenvalue weighted by Crippen LogP contribution is 2.39. The molecular formula is C20H11. The predicted molar refractivity (Wildman–Crippen MR) is 86.5 cm³/mol. The molecule has 0 saturated carbocycles. The summed E-state index contributed by atoms with van der Waals surface area (Å²) in [5.41, 5.74) is 0. The van der Waals surface area contributed by atoms with Crippen LogP contribution in [0.3, 0.4) is 0 Å². The third-order valence-corrected chi connectivity index (χ3v) is 4.30. The highest BCUT2D eigenvalue weighted by molar-refractivity contribution is 6.33. The van der Waals surface area contributed by atoms with E-state index in [1.165, 1.54) is 43.1 Å². The monoisotopic (exact) mass is 251 g/mol. The fourth-order valence-electron chi connectivity index (χ4n) is 3.46. The molecule has 0 aliphatic heterocycles. The van der Waals surface area contributed by atoms with E-state index in [0.29, 0.717) is 0 Å². The molecule has 0 amide bonds. The van der Waals surface area contributed by atoms with E-state index in [-0.39, 0.29) is 0 Å². The molecule has 5 rings (SSSR count). The third-order valence-electron chi connectivity index (χ3n) is 4.30. The van der Waals surface area contributed by atoms with Crippen LogP contribution in [0, 0.1) is 6.07 Å². The first-order chi connectivity index (χ1) is 9.93. The Bertz CT molecular complexity index is 998. The Balaban J connectivity index is 2.33. The minimum Gasteiger partial charge on any atom is -0.0616 e. The summed E-state index contributed by atoms with van der Waals surface area (Å²) in [6.45, 7) is 0. The summed E-state index contributed by atoms with van der Waals surface area (Å²) in [6.07, 6.45) is 0. The molecule has 0 fully saturated rings. The van der Waals surface area contributed by atoms with Gasteiger partial charge in [0, 0.05) is 0 Å². The molecule has 0 spiro atoms. The van der Waals surface area contributed by atoms with Crippen molar-refractivity contribution in [1.29, 1.82) is 0 Å². The Morgan fingerprint density at radius 1 is 0.550 bits per heavy atom. The molecule has 91 valence electrons. The zero-order valence-corrected chi connectivity index (χ0v) is 10.9. The quantitative estimate of drug-likeness (QED) is 0.250. The van der Waals surface area contributed by atoms with Crippen LogP contribution >= 0.6 is 0 Å². The van der Waals surface area contributed by atoms with Crippen molar-refractivity contribution in [3.05, 3.63) is 72.8 Å². The minimum absolute atomic E-state index is 1.24. The van der Waals surface area contributed by atoms with Gasteiger partial charge in [0.25, 0.3) is 0 Å². The van der Waals surface area contributed by atoms with Gasteiger partial charge in [-0.2, -0.15) is 0 Å². The number of hydrogen-bond acceptors (Lipinski definition) is 0. The van der Waals surface area contributed by atoms with Gasteiger partial charge in [-0.15, -0.1) is 0 Å². The summed E-state index contributed by atoms with van der Waals surface area (Å²) in [7, 11) is 0. The number of fused-ring (bicyclic) bond motifs is 3. The van der Waals surface area contributed by atoms with E-state index in [0.717, 1.165) is 0 Å². The lowest BCUT2D eigenvalue weighted by Crippen LogP contribution is -1.86. The molecule has 0 aromatic heterocycles. The molecule has 0 unspecified atom stereocenters. The lowest BCUT2D eigenvalue weighted by atomic mass is 9.89. The highest BCUT2D eigenvalue weighted by Gasteiger charge is 2.11.